The highest BCUT2D eigenvalue weighted by Crippen LogP contribution is 2.29. The second kappa shape index (κ2) is 4.95. The van der Waals surface area contributed by atoms with E-state index in [2.05, 4.69) is 0 Å². The number of Topliss-reactive ketones (excluding diaryl/α,β-unsaturated/α-hetero) is 1. The lowest BCUT2D eigenvalue weighted by molar-refractivity contribution is -0.114. The van der Waals surface area contributed by atoms with Crippen molar-refractivity contribution in [1.29, 1.82) is 0 Å². The Hall–Kier alpha value is 0.0800. The Morgan fingerprint density at radius 3 is 2.33 bits per heavy atom. The number of alkyl halides is 3. The van der Waals surface area contributed by atoms with Crippen LogP contribution in [0.2, 0.25) is 0 Å². The fourth-order valence-electron chi connectivity index (χ4n) is 0.485. The van der Waals surface area contributed by atoms with Crippen molar-refractivity contribution in [2.45, 2.75) is 17.6 Å². The third-order valence-corrected chi connectivity index (χ3v) is 1.56. The van der Waals surface area contributed by atoms with Crippen molar-refractivity contribution in [1.82, 2.24) is 0 Å². The lowest BCUT2D eigenvalue weighted by Crippen LogP contribution is -2.19. The van der Waals surface area contributed by atoms with E-state index in [1.807, 2.05) is 0 Å². The van der Waals surface area contributed by atoms with Gasteiger partial charge in [0, 0.05) is 5.57 Å². The first kappa shape index (κ1) is 12.1. The van der Waals surface area contributed by atoms with Gasteiger partial charge in [0.15, 0.2) is 0 Å². The van der Waals surface area contributed by atoms with E-state index in [0.29, 0.717) is 6.61 Å². The molecule has 0 unspecified atom stereocenters. The Labute approximate surface area is 86.4 Å². The number of hydrogen-bond acceptors (Lipinski definition) is 2. The maximum atomic E-state index is 11.1. The van der Waals surface area contributed by atoms with E-state index in [4.69, 9.17) is 39.5 Å². The van der Waals surface area contributed by atoms with Gasteiger partial charge in [-0.1, -0.05) is 34.8 Å². The Morgan fingerprint density at radius 1 is 1.50 bits per heavy atom. The maximum absolute atomic E-state index is 11.1. The fourth-order valence-corrected chi connectivity index (χ4v) is 0.933. The van der Waals surface area contributed by atoms with Crippen LogP contribution in [0.3, 0.4) is 0 Å². The molecule has 0 aliphatic heterocycles. The summed E-state index contributed by atoms with van der Waals surface area (Å²) in [6.45, 7) is 3.80. The predicted octanol–water partition coefficient (Wildman–Crippen LogP) is 2.87. The molecule has 5 heteroatoms. The first-order chi connectivity index (χ1) is 5.39. The lowest BCUT2D eigenvalue weighted by atomic mass is 10.2. The number of allylic oxidation sites excluding steroid dienone is 1. The molecule has 12 heavy (non-hydrogen) atoms. The van der Waals surface area contributed by atoms with Crippen molar-refractivity contribution >= 4 is 40.6 Å². The van der Waals surface area contributed by atoms with E-state index in [0.717, 1.165) is 0 Å². The Balaban J connectivity index is 4.30. The normalized spacial score (nSPS) is 12.9. The van der Waals surface area contributed by atoms with Crippen LogP contribution in [0.5, 0.6) is 0 Å². The Bertz CT molecular complexity index is 193. The lowest BCUT2D eigenvalue weighted by Gasteiger charge is -2.08. The molecule has 0 radical (unpaired) electrons. The van der Waals surface area contributed by atoms with Gasteiger partial charge in [0.25, 0.3) is 3.79 Å². The van der Waals surface area contributed by atoms with Crippen molar-refractivity contribution in [3.05, 3.63) is 11.8 Å². The van der Waals surface area contributed by atoms with Gasteiger partial charge < -0.3 is 4.74 Å². The molecule has 70 valence electrons. The zero-order chi connectivity index (χ0) is 9.78. The van der Waals surface area contributed by atoms with Crippen LogP contribution >= 0.6 is 34.8 Å². The summed E-state index contributed by atoms with van der Waals surface area (Å²) in [4.78, 5) is 11.1. The number of carbonyl (C=O) groups is 1. The summed E-state index contributed by atoms with van der Waals surface area (Å²) in [5, 5.41) is 0. The van der Waals surface area contributed by atoms with Crippen LogP contribution in [-0.2, 0) is 9.53 Å². The molecule has 0 N–H and O–H groups in total. The van der Waals surface area contributed by atoms with Crippen LogP contribution in [0.25, 0.3) is 0 Å². The molecule has 0 saturated heterocycles. The summed E-state index contributed by atoms with van der Waals surface area (Å²) in [7, 11) is 0. The van der Waals surface area contributed by atoms with Gasteiger partial charge >= 0.3 is 0 Å². The summed E-state index contributed by atoms with van der Waals surface area (Å²) in [6.07, 6.45) is 1.28. The molecular weight excluding hydrogens is 222 g/mol. The zero-order valence-electron chi connectivity index (χ0n) is 6.73. The number of ketones is 1. The van der Waals surface area contributed by atoms with Crippen LogP contribution in [0.4, 0.5) is 0 Å². The van der Waals surface area contributed by atoms with Crippen molar-refractivity contribution in [2.75, 3.05) is 6.61 Å². The van der Waals surface area contributed by atoms with Gasteiger partial charge in [0.1, 0.15) is 0 Å². The van der Waals surface area contributed by atoms with E-state index in [-0.39, 0.29) is 5.57 Å². The van der Waals surface area contributed by atoms with Crippen molar-refractivity contribution < 1.29 is 9.53 Å². The largest absolute Gasteiger partial charge is 0.501 e. The highest BCUT2D eigenvalue weighted by atomic mass is 35.6. The minimum absolute atomic E-state index is 0.289. The molecule has 0 atom stereocenters. The van der Waals surface area contributed by atoms with Gasteiger partial charge in [-0.25, -0.2) is 0 Å². The SMILES string of the molecule is CCOC=C(C)C(=O)C(Cl)(Cl)Cl. The van der Waals surface area contributed by atoms with Crippen LogP contribution in [-0.4, -0.2) is 16.2 Å². The maximum Gasteiger partial charge on any atom is 0.253 e. The minimum Gasteiger partial charge on any atom is -0.501 e. The third-order valence-electron chi connectivity index (χ3n) is 1.04. The molecule has 0 spiro atoms. The van der Waals surface area contributed by atoms with E-state index >= 15 is 0 Å². The third kappa shape index (κ3) is 4.19. The van der Waals surface area contributed by atoms with E-state index in [1.54, 1.807) is 6.92 Å². The van der Waals surface area contributed by atoms with Gasteiger partial charge in [-0.05, 0) is 13.8 Å². The van der Waals surface area contributed by atoms with Crippen molar-refractivity contribution in [2.24, 2.45) is 0 Å². The fraction of sp³-hybridized carbons (Fsp3) is 0.571. The van der Waals surface area contributed by atoms with Gasteiger partial charge in [-0.15, -0.1) is 0 Å². The number of rotatable bonds is 3. The van der Waals surface area contributed by atoms with E-state index < -0.39 is 9.58 Å². The Kier molecular flexibility index (Phi) is 4.98. The standard InChI is InChI=1S/C7H9Cl3O2/c1-3-12-4-5(2)6(11)7(8,9)10/h4H,3H2,1-2H3. The summed E-state index contributed by atoms with van der Waals surface area (Å²) < 4.78 is 2.96. The molecule has 0 fully saturated rings. The predicted molar refractivity (Wildman–Crippen MR) is 50.7 cm³/mol. The van der Waals surface area contributed by atoms with E-state index in [1.165, 1.54) is 13.2 Å². The average molecular weight is 232 g/mol. The molecule has 0 bridgehead atoms. The van der Waals surface area contributed by atoms with Crippen LogP contribution in [0.1, 0.15) is 13.8 Å². The quantitative estimate of drug-likeness (QED) is 0.424. The molecule has 0 amide bonds. The number of halogens is 3. The highest BCUT2D eigenvalue weighted by molar-refractivity contribution is 6.77. The molecule has 2 nitrogen and oxygen atoms in total. The van der Waals surface area contributed by atoms with Crippen molar-refractivity contribution in [3.8, 4) is 0 Å². The minimum atomic E-state index is -1.89. The molecule has 0 aliphatic rings. The average Bonchev–Trinajstić information content (AvgIpc) is 1.97. The van der Waals surface area contributed by atoms with Crippen LogP contribution in [0.15, 0.2) is 11.8 Å². The van der Waals surface area contributed by atoms with Crippen LogP contribution < -0.4 is 0 Å². The summed E-state index contributed by atoms with van der Waals surface area (Å²) in [6, 6.07) is 0. The monoisotopic (exact) mass is 230 g/mol. The highest BCUT2D eigenvalue weighted by Gasteiger charge is 2.31. The number of carbonyl (C=O) groups excluding carboxylic acids is 1. The molecule has 0 saturated carbocycles. The van der Waals surface area contributed by atoms with Gasteiger partial charge in [-0.3, -0.25) is 4.79 Å². The molecule has 0 aliphatic carbocycles. The number of ether oxygens (including phenoxy) is 1. The molecular formula is C7H9Cl3O2. The Morgan fingerprint density at radius 2 is 2.00 bits per heavy atom. The molecule has 0 aromatic heterocycles. The zero-order valence-corrected chi connectivity index (χ0v) is 9.00. The smallest absolute Gasteiger partial charge is 0.253 e. The van der Waals surface area contributed by atoms with E-state index in [9.17, 15) is 4.79 Å². The molecule has 0 heterocycles. The van der Waals surface area contributed by atoms with Crippen LogP contribution in [0, 0.1) is 0 Å². The second-order valence-electron chi connectivity index (χ2n) is 2.08. The molecule has 0 rings (SSSR count). The first-order valence-corrected chi connectivity index (χ1v) is 4.43. The summed E-state index contributed by atoms with van der Waals surface area (Å²) in [5.74, 6) is -0.569. The molecule has 0 aromatic rings. The molecule has 0 aromatic carbocycles. The summed E-state index contributed by atoms with van der Waals surface area (Å²) in [5.41, 5.74) is 0.289. The van der Waals surface area contributed by atoms with Crippen molar-refractivity contribution in [3.63, 3.8) is 0 Å². The first-order valence-electron chi connectivity index (χ1n) is 3.29. The second-order valence-corrected chi connectivity index (χ2v) is 4.36. The van der Waals surface area contributed by atoms with Gasteiger partial charge in [0.05, 0.1) is 12.9 Å². The topological polar surface area (TPSA) is 26.3 Å². The van der Waals surface area contributed by atoms with Gasteiger partial charge in [0.2, 0.25) is 5.78 Å². The number of hydrogen-bond donors (Lipinski definition) is 0. The van der Waals surface area contributed by atoms with Gasteiger partial charge in [-0.2, -0.15) is 0 Å². The summed E-state index contributed by atoms with van der Waals surface area (Å²) >= 11 is 16.0.